The van der Waals surface area contributed by atoms with Crippen molar-refractivity contribution >= 4 is 5.97 Å². The number of aliphatic carboxylic acids is 1. The number of fused-ring (bicyclic) bond motifs is 1. The molecule has 0 saturated heterocycles. The summed E-state index contributed by atoms with van der Waals surface area (Å²) in [7, 11) is 0. The van der Waals surface area contributed by atoms with Gasteiger partial charge >= 0.3 is 5.97 Å². The topological polar surface area (TPSA) is 55.8 Å². The van der Waals surface area contributed by atoms with E-state index >= 15 is 0 Å². The molecule has 0 aromatic heterocycles. The average molecular weight is 443 g/mol. The minimum Gasteiger partial charge on any atom is -0.482 e. The van der Waals surface area contributed by atoms with Crippen LogP contribution in [0.25, 0.3) is 0 Å². The van der Waals surface area contributed by atoms with Crippen molar-refractivity contribution in [2.75, 3.05) is 13.2 Å². The number of hydrogen-bond acceptors (Lipinski definition) is 3. The van der Waals surface area contributed by atoms with Crippen LogP contribution in [0.15, 0.2) is 91.0 Å². The lowest BCUT2D eigenvalue weighted by molar-refractivity contribution is -0.139. The van der Waals surface area contributed by atoms with E-state index in [9.17, 15) is 4.79 Å². The zero-order valence-corrected chi connectivity index (χ0v) is 18.7. The summed E-state index contributed by atoms with van der Waals surface area (Å²) in [4.78, 5) is 10.8. The average Bonchev–Trinajstić information content (AvgIpc) is 2.85. The molecule has 1 aliphatic rings. The summed E-state index contributed by atoms with van der Waals surface area (Å²) in [6.45, 7) is 0.355. The highest BCUT2D eigenvalue weighted by atomic mass is 16.5. The SMILES string of the molecule is O=C(O)COc1cccc2c1CCC(C=CCCOC(c1ccccc1)c1ccccc1)C2. The summed E-state index contributed by atoms with van der Waals surface area (Å²) in [5.74, 6) is 0.234. The zero-order valence-electron chi connectivity index (χ0n) is 18.7. The summed E-state index contributed by atoms with van der Waals surface area (Å²) in [5, 5.41) is 8.88. The molecule has 0 saturated carbocycles. The van der Waals surface area contributed by atoms with Gasteiger partial charge in [-0.1, -0.05) is 84.9 Å². The number of rotatable bonds is 10. The van der Waals surface area contributed by atoms with Crippen LogP contribution < -0.4 is 4.74 Å². The largest absolute Gasteiger partial charge is 0.482 e. The fourth-order valence-electron chi connectivity index (χ4n) is 4.42. The highest BCUT2D eigenvalue weighted by Gasteiger charge is 2.20. The highest BCUT2D eigenvalue weighted by molar-refractivity contribution is 5.68. The van der Waals surface area contributed by atoms with E-state index in [1.807, 2.05) is 48.5 Å². The van der Waals surface area contributed by atoms with Crippen molar-refractivity contribution in [3.8, 4) is 5.75 Å². The van der Waals surface area contributed by atoms with Crippen LogP contribution in [-0.2, 0) is 22.4 Å². The second-order valence-electron chi connectivity index (χ2n) is 8.37. The molecule has 1 atom stereocenters. The van der Waals surface area contributed by atoms with Gasteiger partial charge in [-0.25, -0.2) is 4.79 Å². The molecule has 0 amide bonds. The maximum atomic E-state index is 10.8. The van der Waals surface area contributed by atoms with Gasteiger partial charge < -0.3 is 14.6 Å². The van der Waals surface area contributed by atoms with Crippen molar-refractivity contribution in [1.82, 2.24) is 0 Å². The predicted molar refractivity (Wildman–Crippen MR) is 130 cm³/mol. The smallest absolute Gasteiger partial charge is 0.341 e. The first-order chi connectivity index (χ1) is 16.2. The second kappa shape index (κ2) is 11.5. The number of carboxylic acids is 1. The van der Waals surface area contributed by atoms with Crippen molar-refractivity contribution in [3.63, 3.8) is 0 Å². The van der Waals surface area contributed by atoms with Crippen molar-refractivity contribution in [1.29, 1.82) is 0 Å². The first-order valence-electron chi connectivity index (χ1n) is 11.5. The number of allylic oxidation sites excluding steroid dienone is 1. The lowest BCUT2D eigenvalue weighted by Crippen LogP contribution is -2.16. The van der Waals surface area contributed by atoms with Crippen molar-refractivity contribution in [2.45, 2.75) is 31.8 Å². The predicted octanol–water partition coefficient (Wildman–Crippen LogP) is 6.01. The van der Waals surface area contributed by atoms with Gasteiger partial charge in [0.05, 0.1) is 6.61 Å². The van der Waals surface area contributed by atoms with E-state index in [1.54, 1.807) is 0 Å². The van der Waals surface area contributed by atoms with Gasteiger partial charge in [0.15, 0.2) is 6.61 Å². The molecule has 1 aliphatic carbocycles. The lowest BCUT2D eigenvalue weighted by atomic mass is 9.83. The van der Waals surface area contributed by atoms with E-state index in [4.69, 9.17) is 14.6 Å². The van der Waals surface area contributed by atoms with E-state index in [0.717, 1.165) is 42.4 Å². The van der Waals surface area contributed by atoms with E-state index in [1.165, 1.54) is 5.56 Å². The van der Waals surface area contributed by atoms with E-state index in [2.05, 4.69) is 42.5 Å². The number of carboxylic acid groups (broad SMARTS) is 1. The van der Waals surface area contributed by atoms with E-state index in [0.29, 0.717) is 18.3 Å². The molecule has 0 heterocycles. The van der Waals surface area contributed by atoms with Gasteiger partial charge in [0.2, 0.25) is 0 Å². The van der Waals surface area contributed by atoms with Crippen LogP contribution in [0.2, 0.25) is 0 Å². The fourth-order valence-corrected chi connectivity index (χ4v) is 4.42. The Morgan fingerprint density at radius 1 is 0.970 bits per heavy atom. The monoisotopic (exact) mass is 442 g/mol. The van der Waals surface area contributed by atoms with Crippen LogP contribution >= 0.6 is 0 Å². The Hall–Kier alpha value is -3.37. The Morgan fingerprint density at radius 3 is 2.33 bits per heavy atom. The van der Waals surface area contributed by atoms with Gasteiger partial charge in [-0.05, 0) is 59.9 Å². The Morgan fingerprint density at radius 2 is 1.67 bits per heavy atom. The Bertz CT molecular complexity index is 1020. The van der Waals surface area contributed by atoms with Gasteiger partial charge in [0.25, 0.3) is 0 Å². The Kier molecular flexibility index (Phi) is 7.94. The van der Waals surface area contributed by atoms with Crippen LogP contribution in [0.1, 0.15) is 41.2 Å². The molecule has 0 radical (unpaired) electrons. The first-order valence-corrected chi connectivity index (χ1v) is 11.5. The minimum atomic E-state index is -0.951. The van der Waals surface area contributed by atoms with Gasteiger partial charge in [-0.2, -0.15) is 0 Å². The van der Waals surface area contributed by atoms with Crippen molar-refractivity contribution in [2.24, 2.45) is 5.92 Å². The summed E-state index contributed by atoms with van der Waals surface area (Å²) >= 11 is 0. The van der Waals surface area contributed by atoms with E-state index in [-0.39, 0.29) is 12.7 Å². The third-order valence-corrected chi connectivity index (χ3v) is 6.01. The summed E-state index contributed by atoms with van der Waals surface area (Å²) in [6, 6.07) is 26.6. The molecule has 0 spiro atoms. The number of hydrogen-bond donors (Lipinski definition) is 1. The second-order valence-corrected chi connectivity index (χ2v) is 8.37. The summed E-state index contributed by atoms with van der Waals surface area (Å²) in [6.07, 6.45) is 8.22. The molecule has 0 bridgehead atoms. The van der Waals surface area contributed by atoms with Crippen molar-refractivity contribution in [3.05, 3.63) is 113 Å². The standard InChI is InChI=1S/C29H30O4/c30-28(31)21-33-27-16-9-15-25-20-22(17-18-26(25)27)10-7-8-19-32-29(23-11-3-1-4-12-23)24-13-5-2-6-14-24/h1-7,9-16,22,29H,8,17-21H2,(H,30,31). The molecular formula is C29H30O4. The Balaban J connectivity index is 1.31. The molecule has 3 aromatic carbocycles. The summed E-state index contributed by atoms with van der Waals surface area (Å²) < 4.78 is 11.8. The maximum Gasteiger partial charge on any atom is 0.341 e. The Labute approximate surface area is 195 Å². The molecule has 3 aromatic rings. The van der Waals surface area contributed by atoms with Gasteiger partial charge in [0, 0.05) is 0 Å². The molecule has 0 aliphatic heterocycles. The minimum absolute atomic E-state index is 0.0634. The lowest BCUT2D eigenvalue weighted by Gasteiger charge is -2.24. The number of carbonyl (C=O) groups is 1. The van der Waals surface area contributed by atoms with Crippen molar-refractivity contribution < 1.29 is 19.4 Å². The molecule has 1 N–H and O–H groups in total. The van der Waals surface area contributed by atoms with Gasteiger partial charge in [0.1, 0.15) is 11.9 Å². The quantitative estimate of drug-likeness (QED) is 0.309. The fraction of sp³-hybridized carbons (Fsp3) is 0.276. The zero-order chi connectivity index (χ0) is 22.9. The van der Waals surface area contributed by atoms with Crippen LogP contribution in [0.4, 0.5) is 0 Å². The van der Waals surface area contributed by atoms with Crippen LogP contribution in [-0.4, -0.2) is 24.3 Å². The van der Waals surface area contributed by atoms with Gasteiger partial charge in [-0.15, -0.1) is 0 Å². The molecule has 1 unspecified atom stereocenters. The molecular weight excluding hydrogens is 412 g/mol. The third-order valence-electron chi connectivity index (χ3n) is 6.01. The van der Waals surface area contributed by atoms with Crippen LogP contribution in [0.3, 0.4) is 0 Å². The van der Waals surface area contributed by atoms with Crippen LogP contribution in [0, 0.1) is 5.92 Å². The summed E-state index contributed by atoms with van der Waals surface area (Å²) in [5.41, 5.74) is 4.73. The molecule has 0 fully saturated rings. The van der Waals surface area contributed by atoms with Crippen LogP contribution in [0.5, 0.6) is 5.75 Å². The molecule has 4 heteroatoms. The first kappa shape index (κ1) is 22.8. The molecule has 170 valence electrons. The van der Waals surface area contributed by atoms with Gasteiger partial charge in [-0.3, -0.25) is 0 Å². The molecule has 4 nitrogen and oxygen atoms in total. The number of benzene rings is 3. The number of ether oxygens (including phenoxy) is 2. The van der Waals surface area contributed by atoms with E-state index < -0.39 is 5.97 Å². The maximum absolute atomic E-state index is 10.8. The third kappa shape index (κ3) is 6.33. The highest BCUT2D eigenvalue weighted by Crippen LogP contribution is 2.33. The molecule has 4 rings (SSSR count). The normalized spacial score (nSPS) is 15.5. The molecule has 33 heavy (non-hydrogen) atoms.